The molecule has 3 rings (SSSR count). The Morgan fingerprint density at radius 2 is 1.87 bits per heavy atom. The van der Waals surface area contributed by atoms with Crippen LogP contribution in [-0.2, 0) is 30.5 Å². The summed E-state index contributed by atoms with van der Waals surface area (Å²) in [4.78, 5) is 13.2. The molecule has 0 unspecified atom stereocenters. The van der Waals surface area contributed by atoms with Gasteiger partial charge in [-0.1, -0.05) is 6.07 Å². The molecule has 0 amide bonds. The highest BCUT2D eigenvalue weighted by Crippen LogP contribution is 2.18. The number of nitrogens with one attached hydrogen (secondary N) is 1. The fourth-order valence-electron chi connectivity index (χ4n) is 2.50. The Balaban J connectivity index is 1.86. The van der Waals surface area contributed by atoms with Crippen molar-refractivity contribution in [2.75, 3.05) is 6.54 Å². The van der Waals surface area contributed by atoms with Crippen molar-refractivity contribution < 1.29 is 8.42 Å². The van der Waals surface area contributed by atoms with Crippen LogP contribution in [0.3, 0.4) is 0 Å². The summed E-state index contributed by atoms with van der Waals surface area (Å²) in [6.07, 6.45) is 0.656. The number of rotatable bonds is 5. The van der Waals surface area contributed by atoms with Crippen LogP contribution in [0, 0.1) is 0 Å². The molecule has 0 aliphatic heterocycles. The van der Waals surface area contributed by atoms with E-state index in [0.717, 1.165) is 4.88 Å². The van der Waals surface area contributed by atoms with E-state index < -0.39 is 10.0 Å². The van der Waals surface area contributed by atoms with Gasteiger partial charge < -0.3 is 0 Å². The lowest BCUT2D eigenvalue weighted by Crippen LogP contribution is -2.25. The van der Waals surface area contributed by atoms with Gasteiger partial charge in [-0.2, -0.15) is 0 Å². The molecule has 2 aromatic heterocycles. The number of benzene rings is 1. The van der Waals surface area contributed by atoms with Gasteiger partial charge in [0.2, 0.25) is 10.0 Å². The third-order valence-electron chi connectivity index (χ3n) is 3.80. The molecule has 0 bridgehead atoms. The second-order valence-electron chi connectivity index (χ2n) is 5.28. The van der Waals surface area contributed by atoms with Gasteiger partial charge in [-0.25, -0.2) is 17.9 Å². The minimum absolute atomic E-state index is 0.164. The van der Waals surface area contributed by atoms with Crippen molar-refractivity contribution >= 4 is 32.4 Å². The molecule has 8 heteroatoms. The van der Waals surface area contributed by atoms with E-state index in [1.807, 2.05) is 17.5 Å². The third-order valence-corrected chi connectivity index (χ3v) is 6.19. The second kappa shape index (κ2) is 5.95. The Kier molecular flexibility index (Phi) is 4.13. The summed E-state index contributed by atoms with van der Waals surface area (Å²) in [7, 11) is -0.300. The summed E-state index contributed by atoms with van der Waals surface area (Å²) < 4.78 is 30.4. The third kappa shape index (κ3) is 2.97. The molecule has 0 saturated carbocycles. The number of sulfonamides is 1. The van der Waals surface area contributed by atoms with Crippen LogP contribution < -0.4 is 10.4 Å². The number of thiophene rings is 1. The van der Waals surface area contributed by atoms with E-state index >= 15 is 0 Å². The van der Waals surface area contributed by atoms with E-state index in [4.69, 9.17) is 0 Å². The zero-order valence-electron chi connectivity index (χ0n) is 12.8. The summed E-state index contributed by atoms with van der Waals surface area (Å²) in [6, 6.07) is 8.63. The molecule has 122 valence electrons. The number of aromatic nitrogens is 2. The molecule has 1 aromatic carbocycles. The number of hydrogen-bond donors (Lipinski definition) is 1. The molecule has 0 aliphatic rings. The predicted molar refractivity (Wildman–Crippen MR) is 91.4 cm³/mol. The maximum atomic E-state index is 12.4. The number of imidazole rings is 1. The fourth-order valence-corrected chi connectivity index (χ4v) is 4.26. The Morgan fingerprint density at radius 3 is 2.57 bits per heavy atom. The fraction of sp³-hybridized carbons (Fsp3) is 0.267. The Labute approximate surface area is 138 Å². The number of fused-ring (bicyclic) bond motifs is 1. The molecular weight excluding hydrogens is 334 g/mol. The quantitative estimate of drug-likeness (QED) is 0.756. The molecule has 0 aliphatic carbocycles. The van der Waals surface area contributed by atoms with E-state index in [1.165, 1.54) is 21.3 Å². The number of hydrogen-bond acceptors (Lipinski definition) is 4. The van der Waals surface area contributed by atoms with Crippen LogP contribution in [0.25, 0.3) is 11.0 Å². The van der Waals surface area contributed by atoms with Gasteiger partial charge in [0, 0.05) is 25.5 Å². The number of nitrogens with zero attached hydrogens (tertiary/aromatic N) is 2. The number of aryl methyl sites for hydroxylation is 2. The maximum Gasteiger partial charge on any atom is 0.328 e. The lowest BCUT2D eigenvalue weighted by Gasteiger charge is -2.07. The van der Waals surface area contributed by atoms with Crippen LogP contribution in [0.5, 0.6) is 0 Å². The Morgan fingerprint density at radius 1 is 1.13 bits per heavy atom. The van der Waals surface area contributed by atoms with Gasteiger partial charge in [0.05, 0.1) is 15.9 Å². The average molecular weight is 351 g/mol. The van der Waals surface area contributed by atoms with E-state index in [1.54, 1.807) is 31.5 Å². The smallest absolute Gasteiger partial charge is 0.295 e. The first kappa shape index (κ1) is 16.0. The average Bonchev–Trinajstić information content (AvgIpc) is 3.11. The van der Waals surface area contributed by atoms with Crippen LogP contribution in [0.1, 0.15) is 4.88 Å². The highest BCUT2D eigenvalue weighted by atomic mass is 32.2. The van der Waals surface area contributed by atoms with Crippen molar-refractivity contribution in [2.24, 2.45) is 14.1 Å². The van der Waals surface area contributed by atoms with Crippen LogP contribution >= 0.6 is 11.3 Å². The van der Waals surface area contributed by atoms with Gasteiger partial charge in [-0.3, -0.25) is 9.13 Å². The molecule has 0 radical (unpaired) electrons. The van der Waals surface area contributed by atoms with Crippen molar-refractivity contribution in [1.29, 1.82) is 0 Å². The zero-order chi connectivity index (χ0) is 16.6. The first-order chi connectivity index (χ1) is 10.9. The first-order valence-corrected chi connectivity index (χ1v) is 9.44. The SMILES string of the molecule is Cn1c(=O)n(C)c2cc(S(=O)(=O)NCCc3cccs3)ccc21. The van der Waals surface area contributed by atoms with Gasteiger partial charge in [-0.15, -0.1) is 11.3 Å². The highest BCUT2D eigenvalue weighted by Gasteiger charge is 2.16. The largest absolute Gasteiger partial charge is 0.328 e. The van der Waals surface area contributed by atoms with Gasteiger partial charge in [0.25, 0.3) is 0 Å². The summed E-state index contributed by atoms with van der Waals surface area (Å²) in [5.41, 5.74) is 1.12. The summed E-state index contributed by atoms with van der Waals surface area (Å²) >= 11 is 1.60. The molecule has 0 saturated heterocycles. The Hall–Kier alpha value is -1.90. The van der Waals surface area contributed by atoms with Crippen molar-refractivity contribution in [3.05, 3.63) is 51.1 Å². The minimum Gasteiger partial charge on any atom is -0.295 e. The van der Waals surface area contributed by atoms with Crippen molar-refractivity contribution in [3.8, 4) is 0 Å². The van der Waals surface area contributed by atoms with E-state index in [2.05, 4.69) is 4.72 Å². The monoisotopic (exact) mass is 351 g/mol. The van der Waals surface area contributed by atoms with Gasteiger partial charge in [0.15, 0.2) is 0 Å². The molecule has 3 aromatic rings. The molecular formula is C15H17N3O3S2. The van der Waals surface area contributed by atoms with Crippen LogP contribution in [0.15, 0.2) is 45.4 Å². The van der Waals surface area contributed by atoms with E-state index in [0.29, 0.717) is 24.0 Å². The first-order valence-electron chi connectivity index (χ1n) is 7.07. The molecule has 2 heterocycles. The molecule has 1 N–H and O–H groups in total. The zero-order valence-corrected chi connectivity index (χ0v) is 14.4. The topological polar surface area (TPSA) is 73.1 Å². The van der Waals surface area contributed by atoms with Crippen molar-refractivity contribution in [2.45, 2.75) is 11.3 Å². The van der Waals surface area contributed by atoms with Crippen LogP contribution in [-0.4, -0.2) is 24.1 Å². The molecule has 6 nitrogen and oxygen atoms in total. The molecule has 0 spiro atoms. The Bertz CT molecular complexity index is 999. The van der Waals surface area contributed by atoms with Crippen molar-refractivity contribution in [3.63, 3.8) is 0 Å². The van der Waals surface area contributed by atoms with Crippen LogP contribution in [0.2, 0.25) is 0 Å². The summed E-state index contributed by atoms with van der Waals surface area (Å²) in [6.45, 7) is 0.342. The molecule has 0 fully saturated rings. The molecule has 23 heavy (non-hydrogen) atoms. The minimum atomic E-state index is -3.60. The van der Waals surface area contributed by atoms with E-state index in [9.17, 15) is 13.2 Å². The van der Waals surface area contributed by atoms with Gasteiger partial charge >= 0.3 is 5.69 Å². The predicted octanol–water partition coefficient (Wildman–Crippen LogP) is 1.46. The van der Waals surface area contributed by atoms with E-state index in [-0.39, 0.29) is 10.6 Å². The lowest BCUT2D eigenvalue weighted by molar-refractivity contribution is 0.582. The molecule has 0 atom stereocenters. The summed E-state index contributed by atoms with van der Waals surface area (Å²) in [5, 5.41) is 1.97. The normalized spacial score (nSPS) is 12.1. The lowest BCUT2D eigenvalue weighted by atomic mass is 10.3. The maximum absolute atomic E-state index is 12.4. The van der Waals surface area contributed by atoms with Crippen molar-refractivity contribution in [1.82, 2.24) is 13.9 Å². The highest BCUT2D eigenvalue weighted by molar-refractivity contribution is 7.89. The standard InChI is InChI=1S/C15H17N3O3S2/c1-17-13-6-5-12(10-14(13)18(2)15(17)19)23(20,21)16-8-7-11-4-3-9-22-11/h3-6,9-10,16H,7-8H2,1-2H3. The second-order valence-corrected chi connectivity index (χ2v) is 8.08. The van der Waals surface area contributed by atoms with Gasteiger partial charge in [0.1, 0.15) is 0 Å². The van der Waals surface area contributed by atoms with Crippen LogP contribution in [0.4, 0.5) is 0 Å². The van der Waals surface area contributed by atoms with Gasteiger partial charge in [-0.05, 0) is 36.1 Å². The summed E-state index contributed by atoms with van der Waals surface area (Å²) in [5.74, 6) is 0.